The van der Waals surface area contributed by atoms with E-state index >= 15 is 0 Å². The van der Waals surface area contributed by atoms with Gasteiger partial charge in [-0.1, -0.05) is 25.1 Å². The summed E-state index contributed by atoms with van der Waals surface area (Å²) in [6.45, 7) is 8.45. The van der Waals surface area contributed by atoms with Crippen molar-refractivity contribution in [3.05, 3.63) is 52.5 Å². The number of para-hydroxylation sites is 1. The highest BCUT2D eigenvalue weighted by Gasteiger charge is 2.22. The zero-order valence-electron chi connectivity index (χ0n) is 16.7. The molecule has 0 radical (unpaired) electrons. The highest BCUT2D eigenvalue weighted by Crippen LogP contribution is 2.32. The van der Waals surface area contributed by atoms with Crippen molar-refractivity contribution in [3.8, 4) is 0 Å². The van der Waals surface area contributed by atoms with E-state index < -0.39 is 0 Å². The lowest BCUT2D eigenvalue weighted by atomic mass is 10.1. The van der Waals surface area contributed by atoms with Crippen LogP contribution in [-0.2, 0) is 17.8 Å². The molecular formula is C21H25N5OS2. The van der Waals surface area contributed by atoms with E-state index in [0.29, 0.717) is 0 Å². The molecule has 1 fully saturated rings. The number of benzene rings is 1. The Bertz CT molecular complexity index is 948. The highest BCUT2D eigenvalue weighted by atomic mass is 32.1. The molecule has 0 N–H and O–H groups in total. The van der Waals surface area contributed by atoms with Gasteiger partial charge in [-0.25, -0.2) is 9.97 Å². The van der Waals surface area contributed by atoms with Crippen LogP contribution in [0.15, 0.2) is 41.2 Å². The Morgan fingerprint density at radius 2 is 1.97 bits per heavy atom. The molecule has 4 rings (SSSR count). The third-order valence-corrected chi connectivity index (χ3v) is 6.81. The summed E-state index contributed by atoms with van der Waals surface area (Å²) >= 11 is 3.23. The number of nitrogens with zero attached hydrogens (tertiary/aromatic N) is 5. The molecule has 0 aliphatic carbocycles. The number of rotatable bonds is 6. The Balaban J connectivity index is 1.44. The van der Waals surface area contributed by atoms with Gasteiger partial charge in [-0.3, -0.25) is 14.6 Å². The van der Waals surface area contributed by atoms with E-state index in [1.807, 2.05) is 29.8 Å². The van der Waals surface area contributed by atoms with Crippen molar-refractivity contribution in [1.29, 1.82) is 0 Å². The number of carbonyl (C=O) groups excluding carboxylic acids is 1. The van der Waals surface area contributed by atoms with Gasteiger partial charge >= 0.3 is 0 Å². The number of carbonyl (C=O) groups is 1. The monoisotopic (exact) mass is 427 g/mol. The molecule has 6 nitrogen and oxygen atoms in total. The van der Waals surface area contributed by atoms with E-state index in [0.717, 1.165) is 66.4 Å². The molecule has 1 amide bonds. The Hall–Kier alpha value is -2.29. The minimum Gasteiger partial charge on any atom is -0.346 e. The van der Waals surface area contributed by atoms with Gasteiger partial charge in [-0.15, -0.1) is 22.7 Å². The Kier molecular flexibility index (Phi) is 6.22. The number of hydrogen-bond acceptors (Lipinski definition) is 7. The number of aromatic nitrogens is 2. The van der Waals surface area contributed by atoms with Crippen LogP contribution in [0.25, 0.3) is 0 Å². The third kappa shape index (κ3) is 4.49. The van der Waals surface area contributed by atoms with Crippen LogP contribution >= 0.6 is 22.7 Å². The molecule has 0 atom stereocenters. The molecule has 8 heteroatoms. The maximum Gasteiger partial charge on any atom is 0.230 e. The molecule has 29 heavy (non-hydrogen) atoms. The van der Waals surface area contributed by atoms with Crippen LogP contribution in [0.2, 0.25) is 0 Å². The summed E-state index contributed by atoms with van der Waals surface area (Å²) < 4.78 is 0. The molecular weight excluding hydrogens is 402 g/mol. The fraction of sp³-hybridized carbons (Fsp3) is 0.381. The maximum absolute atomic E-state index is 12.4. The van der Waals surface area contributed by atoms with Crippen molar-refractivity contribution in [2.45, 2.75) is 26.8 Å². The molecule has 1 aliphatic rings. The topological polar surface area (TPSA) is 52.6 Å². The Labute approximate surface area is 179 Å². The lowest BCUT2D eigenvalue weighted by Gasteiger charge is -2.34. The Morgan fingerprint density at radius 1 is 1.17 bits per heavy atom. The van der Waals surface area contributed by atoms with Gasteiger partial charge in [0.15, 0.2) is 10.3 Å². The quantitative estimate of drug-likeness (QED) is 0.591. The second-order valence-electron chi connectivity index (χ2n) is 7.04. The second kappa shape index (κ2) is 9.02. The molecule has 3 heterocycles. The number of amides is 1. The van der Waals surface area contributed by atoms with E-state index in [-0.39, 0.29) is 5.91 Å². The summed E-state index contributed by atoms with van der Waals surface area (Å²) in [6, 6.07) is 8.06. The van der Waals surface area contributed by atoms with Gasteiger partial charge in [0.1, 0.15) is 0 Å². The van der Waals surface area contributed by atoms with E-state index in [1.54, 1.807) is 23.2 Å². The van der Waals surface area contributed by atoms with Crippen LogP contribution in [0.3, 0.4) is 0 Å². The van der Waals surface area contributed by atoms with Crippen LogP contribution in [0.5, 0.6) is 0 Å². The first kappa shape index (κ1) is 20.0. The molecule has 0 bridgehead atoms. The molecule has 1 aromatic carbocycles. The van der Waals surface area contributed by atoms with Crippen LogP contribution in [-0.4, -0.2) is 47.0 Å². The zero-order valence-corrected chi connectivity index (χ0v) is 18.4. The summed E-state index contributed by atoms with van der Waals surface area (Å²) in [5.41, 5.74) is 3.10. The molecule has 3 aromatic rings. The van der Waals surface area contributed by atoms with Gasteiger partial charge in [0.25, 0.3) is 0 Å². The number of aryl methyl sites for hydroxylation is 1. The predicted molar refractivity (Wildman–Crippen MR) is 120 cm³/mol. The predicted octanol–water partition coefficient (Wildman–Crippen LogP) is 4.17. The van der Waals surface area contributed by atoms with Crippen molar-refractivity contribution in [3.63, 3.8) is 0 Å². The van der Waals surface area contributed by atoms with Gasteiger partial charge in [0.2, 0.25) is 5.91 Å². The van der Waals surface area contributed by atoms with Crippen LogP contribution in [0.1, 0.15) is 25.1 Å². The summed E-state index contributed by atoms with van der Waals surface area (Å²) in [6.07, 6.45) is 2.74. The summed E-state index contributed by atoms with van der Waals surface area (Å²) in [4.78, 5) is 28.1. The van der Waals surface area contributed by atoms with Gasteiger partial charge in [-0.05, 0) is 18.1 Å². The molecule has 0 spiro atoms. The number of anilines is 3. The fourth-order valence-electron chi connectivity index (χ4n) is 3.61. The summed E-state index contributed by atoms with van der Waals surface area (Å²) in [7, 11) is 0. The lowest BCUT2D eigenvalue weighted by Crippen LogP contribution is -2.46. The minimum atomic E-state index is -0.0103. The maximum atomic E-state index is 12.4. The van der Waals surface area contributed by atoms with Crippen molar-refractivity contribution in [2.24, 2.45) is 0 Å². The van der Waals surface area contributed by atoms with Crippen LogP contribution < -0.4 is 9.80 Å². The minimum absolute atomic E-state index is 0.0103. The molecule has 1 aliphatic heterocycles. The fourth-order valence-corrected chi connectivity index (χ4v) is 5.17. The van der Waals surface area contributed by atoms with E-state index in [4.69, 9.17) is 4.98 Å². The van der Waals surface area contributed by atoms with E-state index in [2.05, 4.69) is 33.2 Å². The van der Waals surface area contributed by atoms with Gasteiger partial charge in [-0.2, -0.15) is 0 Å². The van der Waals surface area contributed by atoms with Crippen molar-refractivity contribution in [2.75, 3.05) is 36.0 Å². The molecule has 152 valence electrons. The largest absolute Gasteiger partial charge is 0.346 e. The molecule has 1 saturated heterocycles. The number of piperazine rings is 1. The summed E-state index contributed by atoms with van der Waals surface area (Å²) in [5.74, 6) is -0.0103. The first-order chi connectivity index (χ1) is 14.2. The normalized spacial score (nSPS) is 14.9. The molecule has 0 saturated carbocycles. The molecule has 0 unspecified atom stereocenters. The first-order valence-corrected chi connectivity index (χ1v) is 11.6. The number of thiazole rings is 2. The summed E-state index contributed by atoms with van der Waals surface area (Å²) in [5, 5.41) is 5.95. The van der Waals surface area contributed by atoms with Crippen LogP contribution in [0, 0.1) is 0 Å². The number of hydrogen-bond donors (Lipinski definition) is 0. The average molecular weight is 428 g/mol. The Morgan fingerprint density at radius 3 is 2.66 bits per heavy atom. The third-order valence-electron chi connectivity index (χ3n) is 5.11. The SMILES string of the molecule is CCc1ccccc1N(C(C)=O)c1nc(CN2CCN(c3nccs3)CC2)cs1. The highest BCUT2D eigenvalue weighted by molar-refractivity contribution is 7.14. The average Bonchev–Trinajstić information content (AvgIpc) is 3.42. The molecule has 2 aromatic heterocycles. The van der Waals surface area contributed by atoms with Gasteiger partial charge < -0.3 is 4.90 Å². The first-order valence-electron chi connectivity index (χ1n) is 9.85. The van der Waals surface area contributed by atoms with Gasteiger partial charge in [0, 0.05) is 56.6 Å². The van der Waals surface area contributed by atoms with Crippen molar-refractivity contribution < 1.29 is 4.79 Å². The lowest BCUT2D eigenvalue weighted by molar-refractivity contribution is -0.115. The van der Waals surface area contributed by atoms with Crippen LogP contribution in [0.4, 0.5) is 16.0 Å². The van der Waals surface area contributed by atoms with Crippen molar-refractivity contribution >= 4 is 44.5 Å². The van der Waals surface area contributed by atoms with E-state index in [1.165, 1.54) is 11.3 Å². The second-order valence-corrected chi connectivity index (χ2v) is 8.75. The smallest absolute Gasteiger partial charge is 0.230 e. The van der Waals surface area contributed by atoms with E-state index in [9.17, 15) is 4.79 Å². The van der Waals surface area contributed by atoms with Gasteiger partial charge in [0.05, 0.1) is 11.4 Å². The standard InChI is InChI=1S/C21H25N5OS2/c1-3-17-6-4-5-7-19(17)26(16(2)27)21-23-18(15-29-21)14-24-9-11-25(12-10-24)20-22-8-13-28-20/h4-8,13,15H,3,9-12,14H2,1-2H3. The van der Waals surface area contributed by atoms with Crippen molar-refractivity contribution in [1.82, 2.24) is 14.9 Å². The zero-order chi connectivity index (χ0) is 20.2.